The standard InChI is InChI=1S/C15H25NO3/c1-13(2)12-18-11-10-17-8-5-9-19-15-7-4-3-6-14(15)16/h3-4,6-7,13H,5,8-12,16H2,1-2H3. The highest BCUT2D eigenvalue weighted by Crippen LogP contribution is 2.19. The highest BCUT2D eigenvalue weighted by molar-refractivity contribution is 5.51. The van der Waals surface area contributed by atoms with E-state index in [-0.39, 0.29) is 0 Å². The number of rotatable bonds is 10. The van der Waals surface area contributed by atoms with Crippen molar-refractivity contribution in [1.82, 2.24) is 0 Å². The van der Waals surface area contributed by atoms with E-state index in [9.17, 15) is 0 Å². The Kier molecular flexibility index (Phi) is 8.02. The zero-order chi connectivity index (χ0) is 13.9. The fourth-order valence-corrected chi connectivity index (χ4v) is 1.49. The van der Waals surface area contributed by atoms with Crippen LogP contribution in [0.4, 0.5) is 5.69 Å². The highest BCUT2D eigenvalue weighted by Gasteiger charge is 1.98. The molecule has 0 unspecified atom stereocenters. The average Bonchev–Trinajstić information content (AvgIpc) is 2.38. The summed E-state index contributed by atoms with van der Waals surface area (Å²) in [6.07, 6.45) is 0.846. The van der Waals surface area contributed by atoms with Crippen LogP contribution in [0.1, 0.15) is 20.3 Å². The zero-order valence-corrected chi connectivity index (χ0v) is 11.9. The van der Waals surface area contributed by atoms with Gasteiger partial charge in [-0.25, -0.2) is 0 Å². The molecule has 1 aromatic carbocycles. The molecule has 0 fully saturated rings. The summed E-state index contributed by atoms with van der Waals surface area (Å²) in [4.78, 5) is 0. The first-order valence-electron chi connectivity index (χ1n) is 6.83. The zero-order valence-electron chi connectivity index (χ0n) is 11.9. The van der Waals surface area contributed by atoms with E-state index in [1.165, 1.54) is 0 Å². The molecule has 0 atom stereocenters. The molecule has 0 aromatic heterocycles. The van der Waals surface area contributed by atoms with Crippen LogP contribution >= 0.6 is 0 Å². The van der Waals surface area contributed by atoms with Crippen LogP contribution in [-0.2, 0) is 9.47 Å². The lowest BCUT2D eigenvalue weighted by Crippen LogP contribution is -2.10. The van der Waals surface area contributed by atoms with E-state index >= 15 is 0 Å². The van der Waals surface area contributed by atoms with Gasteiger partial charge in [-0.05, 0) is 18.1 Å². The first-order chi connectivity index (χ1) is 9.20. The van der Waals surface area contributed by atoms with Crippen LogP contribution in [0.25, 0.3) is 0 Å². The first kappa shape index (κ1) is 15.8. The van der Waals surface area contributed by atoms with Crippen LogP contribution in [0, 0.1) is 5.92 Å². The number of benzene rings is 1. The molecule has 4 heteroatoms. The molecule has 1 aromatic rings. The summed E-state index contributed by atoms with van der Waals surface area (Å²) in [5.74, 6) is 1.31. The second-order valence-electron chi connectivity index (χ2n) is 4.82. The molecular weight excluding hydrogens is 242 g/mol. The molecule has 0 heterocycles. The molecule has 4 nitrogen and oxygen atoms in total. The summed E-state index contributed by atoms with van der Waals surface area (Å²) in [5.41, 5.74) is 6.44. The Morgan fingerprint density at radius 3 is 2.47 bits per heavy atom. The van der Waals surface area contributed by atoms with Gasteiger partial charge in [0.15, 0.2) is 0 Å². The summed E-state index contributed by atoms with van der Waals surface area (Å²) in [5, 5.41) is 0. The Morgan fingerprint density at radius 1 is 1.00 bits per heavy atom. The van der Waals surface area contributed by atoms with E-state index in [0.717, 1.165) is 18.8 Å². The first-order valence-corrected chi connectivity index (χ1v) is 6.83. The van der Waals surface area contributed by atoms with Crippen molar-refractivity contribution < 1.29 is 14.2 Å². The molecule has 0 aliphatic rings. The van der Waals surface area contributed by atoms with Crippen molar-refractivity contribution in [3.63, 3.8) is 0 Å². The maximum absolute atomic E-state index is 5.77. The number of nitrogen functional groups attached to an aromatic ring is 1. The molecule has 0 saturated heterocycles. The molecule has 2 N–H and O–H groups in total. The maximum atomic E-state index is 5.77. The number of ether oxygens (including phenoxy) is 3. The Hall–Kier alpha value is -1.26. The van der Waals surface area contributed by atoms with E-state index < -0.39 is 0 Å². The van der Waals surface area contributed by atoms with Crippen LogP contribution in [-0.4, -0.2) is 33.0 Å². The van der Waals surface area contributed by atoms with E-state index in [1.807, 2.05) is 24.3 Å². The molecule has 0 aliphatic carbocycles. The Labute approximate surface area is 115 Å². The molecule has 0 bridgehead atoms. The lowest BCUT2D eigenvalue weighted by Gasteiger charge is -2.09. The molecule has 0 amide bonds. The van der Waals surface area contributed by atoms with E-state index in [2.05, 4.69) is 13.8 Å². The second kappa shape index (κ2) is 9.64. The summed E-state index contributed by atoms with van der Waals surface area (Å²) in [6, 6.07) is 7.50. The van der Waals surface area contributed by atoms with Gasteiger partial charge in [0, 0.05) is 19.6 Å². The Balaban J connectivity index is 1.93. The smallest absolute Gasteiger partial charge is 0.142 e. The van der Waals surface area contributed by atoms with Gasteiger partial charge in [0.1, 0.15) is 5.75 Å². The maximum Gasteiger partial charge on any atom is 0.142 e. The van der Waals surface area contributed by atoms with Gasteiger partial charge in [0.25, 0.3) is 0 Å². The van der Waals surface area contributed by atoms with Gasteiger partial charge in [-0.3, -0.25) is 0 Å². The van der Waals surface area contributed by atoms with E-state index in [0.29, 0.717) is 38.0 Å². The summed E-state index contributed by atoms with van der Waals surface area (Å²) < 4.78 is 16.4. The van der Waals surface area contributed by atoms with Gasteiger partial charge in [-0.2, -0.15) is 0 Å². The number of hydrogen-bond acceptors (Lipinski definition) is 4. The SMILES string of the molecule is CC(C)COCCOCCCOc1ccccc1N. The van der Waals surface area contributed by atoms with Crippen molar-refractivity contribution in [2.24, 2.45) is 5.92 Å². The molecule has 0 spiro atoms. The minimum Gasteiger partial charge on any atom is -0.491 e. The van der Waals surface area contributed by atoms with Gasteiger partial charge in [-0.15, -0.1) is 0 Å². The number of para-hydroxylation sites is 2. The van der Waals surface area contributed by atoms with Crippen molar-refractivity contribution in [2.45, 2.75) is 20.3 Å². The lowest BCUT2D eigenvalue weighted by atomic mass is 10.2. The van der Waals surface area contributed by atoms with Crippen LogP contribution in [0.3, 0.4) is 0 Å². The van der Waals surface area contributed by atoms with Crippen molar-refractivity contribution >= 4 is 5.69 Å². The summed E-state index contributed by atoms with van der Waals surface area (Å²) >= 11 is 0. The van der Waals surface area contributed by atoms with Gasteiger partial charge in [0.2, 0.25) is 0 Å². The summed E-state index contributed by atoms with van der Waals surface area (Å²) in [7, 11) is 0. The predicted molar refractivity (Wildman–Crippen MR) is 77.4 cm³/mol. The van der Waals surface area contributed by atoms with Crippen LogP contribution in [0.2, 0.25) is 0 Å². The van der Waals surface area contributed by atoms with Gasteiger partial charge < -0.3 is 19.9 Å². The van der Waals surface area contributed by atoms with Crippen LogP contribution in [0.5, 0.6) is 5.75 Å². The number of nitrogens with two attached hydrogens (primary N) is 1. The summed E-state index contributed by atoms with van der Waals surface area (Å²) in [6.45, 7) is 7.64. The third kappa shape index (κ3) is 7.70. The van der Waals surface area contributed by atoms with E-state index in [1.54, 1.807) is 0 Å². The van der Waals surface area contributed by atoms with Crippen LogP contribution < -0.4 is 10.5 Å². The number of anilines is 1. The molecule has 0 radical (unpaired) electrons. The molecule has 1 rings (SSSR count). The largest absolute Gasteiger partial charge is 0.491 e. The van der Waals surface area contributed by atoms with Gasteiger partial charge in [0.05, 0.1) is 25.5 Å². The number of hydrogen-bond donors (Lipinski definition) is 1. The normalized spacial score (nSPS) is 10.9. The molecule has 19 heavy (non-hydrogen) atoms. The molecular formula is C15H25NO3. The minimum absolute atomic E-state index is 0.574. The monoisotopic (exact) mass is 267 g/mol. The topological polar surface area (TPSA) is 53.7 Å². The fraction of sp³-hybridized carbons (Fsp3) is 0.600. The molecule has 0 saturated carbocycles. The van der Waals surface area contributed by atoms with Gasteiger partial charge in [-0.1, -0.05) is 26.0 Å². The third-order valence-corrected chi connectivity index (χ3v) is 2.43. The molecule has 0 aliphatic heterocycles. The quantitative estimate of drug-likeness (QED) is 0.523. The van der Waals surface area contributed by atoms with Crippen molar-refractivity contribution in [2.75, 3.05) is 38.8 Å². The van der Waals surface area contributed by atoms with E-state index in [4.69, 9.17) is 19.9 Å². The Morgan fingerprint density at radius 2 is 1.74 bits per heavy atom. The van der Waals surface area contributed by atoms with Crippen LogP contribution in [0.15, 0.2) is 24.3 Å². The van der Waals surface area contributed by atoms with Crippen molar-refractivity contribution in [3.8, 4) is 5.75 Å². The Bertz CT molecular complexity index is 342. The van der Waals surface area contributed by atoms with Gasteiger partial charge >= 0.3 is 0 Å². The highest BCUT2D eigenvalue weighted by atomic mass is 16.5. The average molecular weight is 267 g/mol. The third-order valence-electron chi connectivity index (χ3n) is 2.43. The predicted octanol–water partition coefficient (Wildman–Crippen LogP) is 2.73. The second-order valence-corrected chi connectivity index (χ2v) is 4.82. The van der Waals surface area contributed by atoms with Crippen molar-refractivity contribution in [1.29, 1.82) is 0 Å². The van der Waals surface area contributed by atoms with Crippen molar-refractivity contribution in [3.05, 3.63) is 24.3 Å². The fourth-order valence-electron chi connectivity index (χ4n) is 1.49. The minimum atomic E-state index is 0.574. The molecule has 108 valence electrons. The lowest BCUT2D eigenvalue weighted by molar-refractivity contribution is 0.0343.